The van der Waals surface area contributed by atoms with Gasteiger partial charge in [0.15, 0.2) is 0 Å². The molecule has 0 saturated carbocycles. The van der Waals surface area contributed by atoms with Gasteiger partial charge in [-0.25, -0.2) is 4.39 Å². The number of benzene rings is 1. The Morgan fingerprint density at radius 3 is 2.75 bits per heavy atom. The molecule has 1 N–H and O–H groups in total. The summed E-state index contributed by atoms with van der Waals surface area (Å²) < 4.78 is 13.6. The van der Waals surface area contributed by atoms with Gasteiger partial charge in [0.2, 0.25) is 6.41 Å². The first-order chi connectivity index (χ1) is 9.69. The number of nitrogens with one attached hydrogen (secondary N) is 1. The fourth-order valence-electron chi connectivity index (χ4n) is 2.83. The van der Waals surface area contributed by atoms with Gasteiger partial charge in [0.1, 0.15) is 5.82 Å². The Kier molecular flexibility index (Phi) is 3.26. The summed E-state index contributed by atoms with van der Waals surface area (Å²) in [6.45, 7) is 1.32. The zero-order valence-corrected chi connectivity index (χ0v) is 10.9. The van der Waals surface area contributed by atoms with Crippen molar-refractivity contribution in [3.8, 4) is 0 Å². The third-order valence-electron chi connectivity index (χ3n) is 3.98. The lowest BCUT2D eigenvalue weighted by Crippen LogP contribution is -2.33. The molecule has 1 aliphatic heterocycles. The number of hydrogen-bond acceptors (Lipinski definition) is 2. The van der Waals surface area contributed by atoms with Gasteiger partial charge in [-0.2, -0.15) is 0 Å². The molecule has 1 aliphatic rings. The number of halogens is 1. The summed E-state index contributed by atoms with van der Waals surface area (Å²) in [6.07, 6.45) is 2.38. The summed E-state index contributed by atoms with van der Waals surface area (Å²) in [5.41, 5.74) is 0.715. The molecule has 1 amide bonds. The number of aromatic nitrogens is 1. The van der Waals surface area contributed by atoms with E-state index in [0.717, 1.165) is 19.3 Å². The van der Waals surface area contributed by atoms with Gasteiger partial charge < -0.3 is 9.88 Å². The fraction of sp³-hybridized carbons (Fsp3) is 0.333. The lowest BCUT2D eigenvalue weighted by molar-refractivity contribution is -0.119. The van der Waals surface area contributed by atoms with Gasteiger partial charge in [-0.1, -0.05) is 12.1 Å². The number of rotatable bonds is 2. The van der Waals surface area contributed by atoms with Crippen molar-refractivity contribution in [3.63, 3.8) is 0 Å². The minimum Gasteiger partial charge on any atom is -0.345 e. The molecule has 1 aromatic heterocycles. The fourth-order valence-corrected chi connectivity index (χ4v) is 2.83. The summed E-state index contributed by atoms with van der Waals surface area (Å²) >= 11 is 0. The normalized spacial score (nSPS) is 16.6. The molecule has 104 valence electrons. The molecule has 0 aliphatic carbocycles. The molecule has 4 nitrogen and oxygen atoms in total. The number of piperidine rings is 1. The average molecular weight is 274 g/mol. The van der Waals surface area contributed by atoms with Crippen LogP contribution in [0.4, 0.5) is 4.39 Å². The molecule has 0 atom stereocenters. The number of nitrogens with zero attached hydrogens (tertiary/aromatic N) is 1. The lowest BCUT2D eigenvalue weighted by atomic mass is 9.90. The second kappa shape index (κ2) is 5.07. The SMILES string of the molecule is O=CN1CCC(c2cc3cccc(F)c3[nH]c2=O)CC1. The van der Waals surface area contributed by atoms with E-state index in [1.165, 1.54) is 6.07 Å². The summed E-state index contributed by atoms with van der Waals surface area (Å²) in [5.74, 6) is -0.287. The van der Waals surface area contributed by atoms with Gasteiger partial charge in [0.05, 0.1) is 5.52 Å². The molecule has 5 heteroatoms. The van der Waals surface area contributed by atoms with Gasteiger partial charge in [0.25, 0.3) is 5.56 Å². The number of fused-ring (bicyclic) bond motifs is 1. The van der Waals surface area contributed by atoms with E-state index in [0.29, 0.717) is 24.0 Å². The number of carbonyl (C=O) groups is 1. The first-order valence-electron chi connectivity index (χ1n) is 6.70. The number of aromatic amines is 1. The van der Waals surface area contributed by atoms with Crippen molar-refractivity contribution in [1.82, 2.24) is 9.88 Å². The number of hydrogen-bond donors (Lipinski definition) is 1. The van der Waals surface area contributed by atoms with Crippen molar-refractivity contribution in [1.29, 1.82) is 0 Å². The molecule has 0 radical (unpaired) electrons. The Morgan fingerprint density at radius 2 is 2.05 bits per heavy atom. The van der Waals surface area contributed by atoms with E-state index in [2.05, 4.69) is 4.98 Å². The van der Waals surface area contributed by atoms with Crippen molar-refractivity contribution < 1.29 is 9.18 Å². The molecule has 0 unspecified atom stereocenters. The van der Waals surface area contributed by atoms with Gasteiger partial charge >= 0.3 is 0 Å². The molecule has 0 bridgehead atoms. The Hall–Kier alpha value is -2.17. The molecule has 1 aromatic carbocycles. The van der Waals surface area contributed by atoms with Gasteiger partial charge in [0, 0.05) is 24.0 Å². The van der Waals surface area contributed by atoms with Crippen molar-refractivity contribution in [3.05, 3.63) is 46.0 Å². The third kappa shape index (κ3) is 2.19. The van der Waals surface area contributed by atoms with Crippen LogP contribution in [0.5, 0.6) is 0 Å². The molecular weight excluding hydrogens is 259 g/mol. The van der Waals surface area contributed by atoms with E-state index in [1.54, 1.807) is 23.1 Å². The highest BCUT2D eigenvalue weighted by Gasteiger charge is 2.22. The van der Waals surface area contributed by atoms with Crippen LogP contribution in [-0.2, 0) is 4.79 Å². The van der Waals surface area contributed by atoms with Crippen LogP contribution in [0.2, 0.25) is 0 Å². The van der Waals surface area contributed by atoms with Crippen LogP contribution in [0.25, 0.3) is 10.9 Å². The van der Waals surface area contributed by atoms with E-state index < -0.39 is 5.82 Å². The molecular formula is C15H15FN2O2. The summed E-state index contributed by atoms with van der Waals surface area (Å²) in [6, 6.07) is 6.53. The summed E-state index contributed by atoms with van der Waals surface area (Å²) in [7, 11) is 0. The topological polar surface area (TPSA) is 53.2 Å². The zero-order valence-electron chi connectivity index (χ0n) is 10.9. The molecule has 3 rings (SSSR count). The molecule has 2 heterocycles. The Labute approximate surface area is 115 Å². The standard InChI is InChI=1S/C15H15FN2O2/c16-13-3-1-2-11-8-12(15(20)17-14(11)13)10-4-6-18(9-19)7-5-10/h1-3,8-10H,4-7H2,(H,17,20). The van der Waals surface area contributed by atoms with Gasteiger partial charge in [-0.15, -0.1) is 0 Å². The molecule has 1 fully saturated rings. The molecule has 1 saturated heterocycles. The minimum atomic E-state index is -0.415. The van der Waals surface area contributed by atoms with Gasteiger partial charge in [-0.05, 0) is 30.9 Å². The number of likely N-dealkylation sites (tertiary alicyclic amines) is 1. The first kappa shape index (κ1) is 12.8. The summed E-state index contributed by atoms with van der Waals surface area (Å²) in [4.78, 5) is 27.2. The average Bonchev–Trinajstić information content (AvgIpc) is 2.48. The third-order valence-corrected chi connectivity index (χ3v) is 3.98. The first-order valence-corrected chi connectivity index (χ1v) is 6.70. The maximum absolute atomic E-state index is 13.6. The van der Waals surface area contributed by atoms with Crippen LogP contribution >= 0.6 is 0 Å². The van der Waals surface area contributed by atoms with E-state index >= 15 is 0 Å². The van der Waals surface area contributed by atoms with Crippen molar-refractivity contribution in [2.24, 2.45) is 0 Å². The summed E-state index contributed by atoms with van der Waals surface area (Å²) in [5, 5.41) is 0.706. The largest absolute Gasteiger partial charge is 0.345 e. The van der Waals surface area contributed by atoms with E-state index in [4.69, 9.17) is 0 Å². The van der Waals surface area contributed by atoms with Crippen molar-refractivity contribution >= 4 is 17.3 Å². The predicted molar refractivity (Wildman–Crippen MR) is 74.1 cm³/mol. The quantitative estimate of drug-likeness (QED) is 0.852. The lowest BCUT2D eigenvalue weighted by Gasteiger charge is -2.29. The highest BCUT2D eigenvalue weighted by Crippen LogP contribution is 2.27. The minimum absolute atomic E-state index is 0.127. The molecule has 2 aromatic rings. The van der Waals surface area contributed by atoms with Gasteiger partial charge in [-0.3, -0.25) is 9.59 Å². The predicted octanol–water partition coefficient (Wildman–Crippen LogP) is 2.00. The number of H-pyrrole nitrogens is 1. The second-order valence-corrected chi connectivity index (χ2v) is 5.17. The van der Waals surface area contributed by atoms with Crippen LogP contribution in [0.3, 0.4) is 0 Å². The van der Waals surface area contributed by atoms with E-state index in [9.17, 15) is 14.0 Å². The van der Waals surface area contributed by atoms with E-state index in [1.807, 2.05) is 0 Å². The maximum atomic E-state index is 13.6. The Bertz CT molecular complexity index is 703. The van der Waals surface area contributed by atoms with Crippen LogP contribution in [0.1, 0.15) is 24.3 Å². The second-order valence-electron chi connectivity index (χ2n) is 5.17. The van der Waals surface area contributed by atoms with Crippen LogP contribution in [0, 0.1) is 5.82 Å². The monoisotopic (exact) mass is 274 g/mol. The Balaban J connectivity index is 1.98. The number of pyridine rings is 1. The van der Waals surface area contributed by atoms with Crippen LogP contribution < -0.4 is 5.56 Å². The highest BCUT2D eigenvalue weighted by atomic mass is 19.1. The highest BCUT2D eigenvalue weighted by molar-refractivity contribution is 5.79. The van der Waals surface area contributed by atoms with Crippen LogP contribution in [-0.4, -0.2) is 29.4 Å². The molecule has 0 spiro atoms. The smallest absolute Gasteiger partial charge is 0.251 e. The van der Waals surface area contributed by atoms with Crippen molar-refractivity contribution in [2.45, 2.75) is 18.8 Å². The molecule has 20 heavy (non-hydrogen) atoms. The van der Waals surface area contributed by atoms with E-state index in [-0.39, 0.29) is 17.0 Å². The number of amides is 1. The number of para-hydroxylation sites is 1. The maximum Gasteiger partial charge on any atom is 0.251 e. The van der Waals surface area contributed by atoms with Crippen molar-refractivity contribution in [2.75, 3.05) is 13.1 Å². The number of carbonyl (C=O) groups excluding carboxylic acids is 1. The zero-order chi connectivity index (χ0) is 14.1. The Morgan fingerprint density at radius 1 is 1.30 bits per heavy atom. The van der Waals surface area contributed by atoms with Crippen LogP contribution in [0.15, 0.2) is 29.1 Å².